The maximum absolute atomic E-state index is 14.5. The molecule has 4 aliphatic heterocycles. The Balaban J connectivity index is 1.63. The van der Waals surface area contributed by atoms with Gasteiger partial charge in [-0.05, 0) is 45.4 Å². The van der Waals surface area contributed by atoms with Crippen LogP contribution in [0.2, 0.25) is 0 Å². The fourth-order valence-corrected chi connectivity index (χ4v) is 9.42. The number of carbonyl (C=O) groups excluding carboxylic acids is 3. The molecule has 1 aliphatic carbocycles. The van der Waals surface area contributed by atoms with Crippen molar-refractivity contribution >= 4 is 29.5 Å². The minimum absolute atomic E-state index is 0.0354. The summed E-state index contributed by atoms with van der Waals surface area (Å²) >= 11 is 1.59. The average molecular weight is 517 g/mol. The van der Waals surface area contributed by atoms with Crippen molar-refractivity contribution in [3.05, 3.63) is 24.3 Å². The second-order valence-electron chi connectivity index (χ2n) is 11.2. The molecular weight excluding hydrogens is 476 g/mol. The largest absolute Gasteiger partial charge is 0.465 e. The van der Waals surface area contributed by atoms with Gasteiger partial charge >= 0.3 is 5.97 Å². The Morgan fingerprint density at radius 1 is 1.06 bits per heavy atom. The van der Waals surface area contributed by atoms with Crippen molar-refractivity contribution in [2.75, 3.05) is 19.8 Å². The molecule has 3 fully saturated rings. The van der Waals surface area contributed by atoms with Gasteiger partial charge in [0.15, 0.2) is 0 Å². The molecule has 1 N–H and O–H groups in total. The van der Waals surface area contributed by atoms with E-state index in [0.29, 0.717) is 19.6 Å². The summed E-state index contributed by atoms with van der Waals surface area (Å²) in [7, 11) is 0. The zero-order chi connectivity index (χ0) is 25.5. The van der Waals surface area contributed by atoms with Crippen molar-refractivity contribution in [3.8, 4) is 0 Å². The summed E-state index contributed by atoms with van der Waals surface area (Å²) in [5, 5.41) is 10.3. The number of aliphatic hydroxyl groups is 1. The van der Waals surface area contributed by atoms with Gasteiger partial charge in [-0.3, -0.25) is 14.4 Å². The van der Waals surface area contributed by atoms with E-state index >= 15 is 0 Å². The number of fused-ring (bicyclic) bond motifs is 2. The minimum atomic E-state index is -0.878. The van der Waals surface area contributed by atoms with E-state index < -0.39 is 33.4 Å². The van der Waals surface area contributed by atoms with E-state index in [1.54, 1.807) is 16.7 Å². The molecule has 1 saturated carbocycles. The van der Waals surface area contributed by atoms with Gasteiger partial charge in [-0.25, -0.2) is 0 Å². The monoisotopic (exact) mass is 516 g/mol. The van der Waals surface area contributed by atoms with E-state index in [9.17, 15) is 19.5 Å². The first kappa shape index (κ1) is 25.8. The highest BCUT2D eigenvalue weighted by Crippen LogP contribution is 2.65. The number of cyclic esters (lactones) is 1. The van der Waals surface area contributed by atoms with Crippen LogP contribution in [0.4, 0.5) is 0 Å². The number of hydrogen-bond donors (Lipinski definition) is 1. The molecule has 2 amide bonds. The first-order valence-corrected chi connectivity index (χ1v) is 14.7. The number of thioether (sulfide) groups is 1. The second kappa shape index (κ2) is 10.2. The van der Waals surface area contributed by atoms with Crippen LogP contribution in [-0.2, 0) is 19.1 Å². The van der Waals surface area contributed by atoms with Gasteiger partial charge in [0.05, 0.1) is 35.8 Å². The maximum Gasteiger partial charge on any atom is 0.311 e. The third-order valence-electron chi connectivity index (χ3n) is 9.06. The molecular formula is C28H40N2O5S. The average Bonchev–Trinajstić information content (AvgIpc) is 3.20. The minimum Gasteiger partial charge on any atom is -0.465 e. The number of aliphatic hydroxyl groups excluding tert-OH is 1. The molecule has 0 aromatic rings. The standard InChI is InChI=1S/C28H40N2O5S/c1-3-19(18-31)30-23-25(33)29(20-12-7-6-8-13-20)16-11-15-28(23)21(24(30)32)22-26(34)35-17-10-5-4-9-14-27(22,2)36-28/h9,11,14-15,19-23,31H,3-8,10,12-13,16-18H2,1-2H3/b14-9-/t19-,21-,22+,23?,27-,28-/m0/s1. The fraction of sp³-hybridized carbons (Fsp3) is 0.750. The molecule has 5 aliphatic rings. The van der Waals surface area contributed by atoms with Crippen LogP contribution in [-0.4, -0.2) is 80.1 Å². The molecule has 2 saturated heterocycles. The molecule has 0 aromatic heterocycles. The topological polar surface area (TPSA) is 87.2 Å². The summed E-state index contributed by atoms with van der Waals surface area (Å²) in [6, 6.07) is -1.04. The lowest BCUT2D eigenvalue weighted by molar-refractivity contribution is -0.155. The Morgan fingerprint density at radius 2 is 1.83 bits per heavy atom. The van der Waals surface area contributed by atoms with Gasteiger partial charge in [-0.2, -0.15) is 0 Å². The van der Waals surface area contributed by atoms with E-state index in [0.717, 1.165) is 44.9 Å². The lowest BCUT2D eigenvalue weighted by Gasteiger charge is -2.41. The quantitative estimate of drug-likeness (QED) is 0.455. The van der Waals surface area contributed by atoms with Crippen LogP contribution in [0.25, 0.3) is 0 Å². The molecule has 0 bridgehead atoms. The van der Waals surface area contributed by atoms with E-state index in [1.807, 2.05) is 18.7 Å². The van der Waals surface area contributed by atoms with Gasteiger partial charge in [0.2, 0.25) is 11.8 Å². The first-order valence-electron chi connectivity index (χ1n) is 13.8. The van der Waals surface area contributed by atoms with Crippen LogP contribution in [0.5, 0.6) is 0 Å². The number of esters is 1. The molecule has 198 valence electrons. The molecule has 6 atom stereocenters. The molecule has 5 rings (SSSR count). The third-order valence-corrected chi connectivity index (χ3v) is 10.9. The van der Waals surface area contributed by atoms with E-state index in [4.69, 9.17) is 4.74 Å². The number of ether oxygens (including phenoxy) is 1. The summed E-state index contributed by atoms with van der Waals surface area (Å²) in [4.78, 5) is 46.0. The molecule has 4 heterocycles. The van der Waals surface area contributed by atoms with Gasteiger partial charge in [0.1, 0.15) is 6.04 Å². The van der Waals surface area contributed by atoms with Crippen LogP contribution in [0, 0.1) is 11.8 Å². The number of amides is 2. The fourth-order valence-electron chi connectivity index (χ4n) is 7.28. The Labute approximate surface area is 218 Å². The van der Waals surface area contributed by atoms with E-state index in [1.165, 1.54) is 6.42 Å². The number of carbonyl (C=O) groups is 3. The van der Waals surface area contributed by atoms with Crippen LogP contribution < -0.4 is 0 Å². The Hall–Kier alpha value is -1.80. The van der Waals surface area contributed by atoms with Crippen molar-refractivity contribution in [2.45, 2.75) is 99.3 Å². The van der Waals surface area contributed by atoms with Crippen LogP contribution in [0.15, 0.2) is 24.3 Å². The van der Waals surface area contributed by atoms with Crippen LogP contribution in [0.1, 0.15) is 71.6 Å². The second-order valence-corrected chi connectivity index (χ2v) is 13.0. The van der Waals surface area contributed by atoms with Crippen molar-refractivity contribution in [1.82, 2.24) is 9.80 Å². The first-order chi connectivity index (χ1) is 17.4. The Bertz CT molecular complexity index is 942. The molecule has 0 radical (unpaired) electrons. The molecule has 7 nitrogen and oxygen atoms in total. The molecule has 36 heavy (non-hydrogen) atoms. The molecule has 0 aromatic carbocycles. The summed E-state index contributed by atoms with van der Waals surface area (Å²) in [6.07, 6.45) is 16.9. The summed E-state index contributed by atoms with van der Waals surface area (Å²) < 4.78 is 4.19. The molecule has 1 spiro atoms. The lowest BCUT2D eigenvalue weighted by Crippen LogP contribution is -2.58. The molecule has 1 unspecified atom stereocenters. The summed E-state index contributed by atoms with van der Waals surface area (Å²) in [5.74, 6) is -1.98. The smallest absolute Gasteiger partial charge is 0.311 e. The van der Waals surface area contributed by atoms with E-state index in [2.05, 4.69) is 24.3 Å². The van der Waals surface area contributed by atoms with Gasteiger partial charge in [-0.15, -0.1) is 11.8 Å². The van der Waals surface area contributed by atoms with Gasteiger partial charge in [0.25, 0.3) is 0 Å². The summed E-state index contributed by atoms with van der Waals surface area (Å²) in [6.45, 7) is 4.62. The zero-order valence-corrected chi connectivity index (χ0v) is 22.4. The highest BCUT2D eigenvalue weighted by molar-refractivity contribution is 8.02. The van der Waals surface area contributed by atoms with Gasteiger partial charge < -0.3 is 19.6 Å². The number of likely N-dealkylation sites (tertiary alicyclic amines) is 1. The number of allylic oxidation sites excluding steroid dienone is 1. The zero-order valence-electron chi connectivity index (χ0n) is 21.6. The normalized spacial score (nSPS) is 39.2. The van der Waals surface area contributed by atoms with Gasteiger partial charge in [-0.1, -0.05) is 50.5 Å². The number of rotatable bonds is 4. The van der Waals surface area contributed by atoms with E-state index in [-0.39, 0.29) is 30.4 Å². The third kappa shape index (κ3) is 4.03. The van der Waals surface area contributed by atoms with Crippen molar-refractivity contribution in [1.29, 1.82) is 0 Å². The predicted molar refractivity (Wildman–Crippen MR) is 139 cm³/mol. The van der Waals surface area contributed by atoms with Crippen LogP contribution >= 0.6 is 11.8 Å². The SMILES string of the molecule is CC[C@@H](CO)N1C(=O)[C@@H]2[C@@H]3C(=O)OCCCC/C=C\[C@]3(C)S[C@@]23C=CCN(C2CCCCC2)C(=O)C13. The summed E-state index contributed by atoms with van der Waals surface area (Å²) in [5.41, 5.74) is 0. The van der Waals surface area contributed by atoms with Crippen molar-refractivity contribution < 1.29 is 24.2 Å². The number of hydrogen-bond acceptors (Lipinski definition) is 6. The van der Waals surface area contributed by atoms with Crippen molar-refractivity contribution in [2.24, 2.45) is 11.8 Å². The predicted octanol–water partition coefficient (Wildman–Crippen LogP) is 3.46. The maximum atomic E-state index is 14.5. The number of nitrogens with zero attached hydrogens (tertiary/aromatic N) is 2. The Kier molecular flexibility index (Phi) is 7.29. The van der Waals surface area contributed by atoms with Gasteiger partial charge in [0, 0.05) is 17.3 Å². The Morgan fingerprint density at radius 3 is 2.56 bits per heavy atom. The highest BCUT2D eigenvalue weighted by atomic mass is 32.2. The lowest BCUT2D eigenvalue weighted by atomic mass is 9.74. The highest BCUT2D eigenvalue weighted by Gasteiger charge is 2.74. The van der Waals surface area contributed by atoms with Crippen molar-refractivity contribution in [3.63, 3.8) is 0 Å². The molecule has 8 heteroatoms. The van der Waals surface area contributed by atoms with Crippen LogP contribution in [0.3, 0.4) is 0 Å².